The van der Waals surface area contributed by atoms with Crippen LogP contribution in [0.4, 0.5) is 0 Å². The van der Waals surface area contributed by atoms with E-state index in [-0.39, 0.29) is 5.97 Å². The summed E-state index contributed by atoms with van der Waals surface area (Å²) in [5.41, 5.74) is 2.49. The summed E-state index contributed by atoms with van der Waals surface area (Å²) in [5.74, 6) is -0.297. The van der Waals surface area contributed by atoms with Crippen molar-refractivity contribution in [3.63, 3.8) is 0 Å². The molecule has 26 heavy (non-hydrogen) atoms. The van der Waals surface area contributed by atoms with Crippen LogP contribution in [0.2, 0.25) is 0 Å². The molecule has 4 rings (SSSR count). The van der Waals surface area contributed by atoms with Crippen molar-refractivity contribution in [3.8, 4) is 5.75 Å². The molecule has 0 amide bonds. The number of hydrogen-bond donors (Lipinski definition) is 0. The fourth-order valence-corrected chi connectivity index (χ4v) is 3.78. The molecule has 5 heteroatoms. The molecule has 0 saturated heterocycles. The predicted molar refractivity (Wildman–Crippen MR) is 99.6 cm³/mol. The van der Waals surface area contributed by atoms with Crippen molar-refractivity contribution in [3.05, 3.63) is 53.7 Å². The van der Waals surface area contributed by atoms with Gasteiger partial charge in [0.05, 0.1) is 18.2 Å². The van der Waals surface area contributed by atoms with Crippen molar-refractivity contribution >= 4 is 33.6 Å². The number of esters is 2. The number of nitrogens with zero attached hydrogens (tertiary/aromatic N) is 1. The summed E-state index contributed by atoms with van der Waals surface area (Å²) >= 11 is 0. The quantitative estimate of drug-likeness (QED) is 0.398. The van der Waals surface area contributed by atoms with Crippen molar-refractivity contribution < 1.29 is 19.1 Å². The van der Waals surface area contributed by atoms with Crippen LogP contribution in [0.5, 0.6) is 5.75 Å². The van der Waals surface area contributed by atoms with Crippen molar-refractivity contribution in [2.24, 2.45) is 0 Å². The first-order chi connectivity index (χ1) is 12.6. The van der Waals surface area contributed by atoms with E-state index in [0.717, 1.165) is 40.2 Å². The number of methoxy groups -OCH3 is 1. The van der Waals surface area contributed by atoms with Gasteiger partial charge >= 0.3 is 11.9 Å². The minimum absolute atomic E-state index is 0.366. The van der Waals surface area contributed by atoms with Crippen LogP contribution in [-0.4, -0.2) is 23.6 Å². The predicted octanol–water partition coefficient (Wildman–Crippen LogP) is 4.01. The van der Waals surface area contributed by atoms with E-state index in [1.807, 2.05) is 24.3 Å². The maximum Gasteiger partial charge on any atom is 0.340 e. The lowest BCUT2D eigenvalue weighted by Crippen LogP contribution is -2.07. The molecule has 0 atom stereocenters. The minimum atomic E-state index is -0.391. The maximum atomic E-state index is 12.6. The lowest BCUT2D eigenvalue weighted by Gasteiger charge is -2.11. The van der Waals surface area contributed by atoms with E-state index in [2.05, 4.69) is 16.7 Å². The first kappa shape index (κ1) is 16.4. The van der Waals surface area contributed by atoms with Gasteiger partial charge in [-0.25, -0.2) is 4.79 Å². The Labute approximate surface area is 150 Å². The Morgan fingerprint density at radius 2 is 1.85 bits per heavy atom. The molecule has 5 nitrogen and oxygen atoms in total. The molecule has 2 aromatic carbocycles. The number of fused-ring (bicyclic) bond motifs is 5. The van der Waals surface area contributed by atoms with E-state index in [0.29, 0.717) is 17.9 Å². The zero-order valence-corrected chi connectivity index (χ0v) is 14.7. The van der Waals surface area contributed by atoms with Crippen LogP contribution in [0.15, 0.2) is 42.5 Å². The number of hydrogen-bond acceptors (Lipinski definition) is 4. The van der Waals surface area contributed by atoms with Gasteiger partial charge in [-0.1, -0.05) is 36.4 Å². The summed E-state index contributed by atoms with van der Waals surface area (Å²) in [4.78, 5) is 24.2. The second kappa shape index (κ2) is 6.33. The monoisotopic (exact) mass is 349 g/mol. The Morgan fingerprint density at radius 3 is 2.58 bits per heavy atom. The van der Waals surface area contributed by atoms with Crippen LogP contribution in [0, 0.1) is 0 Å². The normalized spacial score (nSPS) is 13.5. The molecule has 3 aromatic rings. The Hall–Kier alpha value is -3.08. The highest BCUT2D eigenvalue weighted by Gasteiger charge is 2.26. The number of aromatic nitrogens is 1. The Balaban J connectivity index is 2.17. The molecule has 2 heterocycles. The average Bonchev–Trinajstić information content (AvgIpc) is 2.78. The zero-order valence-electron chi connectivity index (χ0n) is 14.7. The molecule has 0 radical (unpaired) electrons. The van der Waals surface area contributed by atoms with Gasteiger partial charge in [0, 0.05) is 35.3 Å². The number of carbonyl (C=O) groups excluding carboxylic acids is 2. The summed E-state index contributed by atoms with van der Waals surface area (Å²) in [6, 6.07) is 9.57. The number of benzene rings is 2. The third-order valence-electron chi connectivity index (χ3n) is 4.78. The van der Waals surface area contributed by atoms with Crippen molar-refractivity contribution in [1.82, 2.24) is 4.57 Å². The van der Waals surface area contributed by atoms with Gasteiger partial charge in [-0.3, -0.25) is 4.79 Å². The fraction of sp³-hybridized carbons (Fsp3) is 0.238. The maximum absolute atomic E-state index is 12.6. The van der Waals surface area contributed by atoms with Crippen LogP contribution in [0.1, 0.15) is 29.4 Å². The van der Waals surface area contributed by atoms with Gasteiger partial charge in [0.25, 0.3) is 0 Å². The molecule has 0 saturated carbocycles. The Kier molecular flexibility index (Phi) is 3.99. The molecule has 0 aliphatic carbocycles. The first-order valence-corrected chi connectivity index (χ1v) is 8.60. The molecule has 1 aliphatic rings. The van der Waals surface area contributed by atoms with Gasteiger partial charge in [0.15, 0.2) is 0 Å². The Morgan fingerprint density at radius 1 is 1.08 bits per heavy atom. The standard InChI is InChI=1S/C21H19NO4/c1-13(23)26-18-12-16-19(21(24)25-2)17-10-4-3-7-11-22(17)20(16)15-9-6-5-8-14(15)18/h3,5-9,12H,4,10-11H2,1-2H3. The van der Waals surface area contributed by atoms with E-state index in [4.69, 9.17) is 9.47 Å². The topological polar surface area (TPSA) is 57.5 Å². The van der Waals surface area contributed by atoms with Crippen LogP contribution >= 0.6 is 0 Å². The molecule has 1 aliphatic heterocycles. The van der Waals surface area contributed by atoms with Gasteiger partial charge in [-0.2, -0.15) is 0 Å². The SMILES string of the molecule is COC(=O)c1c2n(c3c1cc(OC(C)=O)c1ccccc13)CC=CCC2. The molecule has 132 valence electrons. The largest absolute Gasteiger partial charge is 0.465 e. The average molecular weight is 349 g/mol. The number of carbonyl (C=O) groups is 2. The minimum Gasteiger partial charge on any atom is -0.465 e. The summed E-state index contributed by atoms with van der Waals surface area (Å²) in [6.07, 6.45) is 5.88. The highest BCUT2D eigenvalue weighted by atomic mass is 16.5. The Bertz CT molecular complexity index is 1070. The molecular formula is C21H19NO4. The van der Waals surface area contributed by atoms with E-state index in [9.17, 15) is 9.59 Å². The van der Waals surface area contributed by atoms with E-state index in [1.165, 1.54) is 14.0 Å². The van der Waals surface area contributed by atoms with Crippen LogP contribution < -0.4 is 4.74 Å². The molecular weight excluding hydrogens is 330 g/mol. The van der Waals surface area contributed by atoms with Gasteiger partial charge in [-0.05, 0) is 18.9 Å². The zero-order chi connectivity index (χ0) is 18.3. The molecule has 0 unspecified atom stereocenters. The summed E-state index contributed by atoms with van der Waals surface area (Å²) < 4.78 is 12.7. The third kappa shape index (κ3) is 2.47. The first-order valence-electron chi connectivity index (χ1n) is 8.60. The number of rotatable bonds is 2. The van der Waals surface area contributed by atoms with E-state index in [1.54, 1.807) is 6.07 Å². The molecule has 0 fully saturated rings. The van der Waals surface area contributed by atoms with Crippen LogP contribution in [0.3, 0.4) is 0 Å². The van der Waals surface area contributed by atoms with Crippen molar-refractivity contribution in [2.75, 3.05) is 7.11 Å². The van der Waals surface area contributed by atoms with Gasteiger partial charge in [-0.15, -0.1) is 0 Å². The second-order valence-electron chi connectivity index (χ2n) is 6.34. The number of allylic oxidation sites excluding steroid dienone is 2. The van der Waals surface area contributed by atoms with Gasteiger partial charge in [0.2, 0.25) is 0 Å². The number of ether oxygens (including phenoxy) is 2. The summed E-state index contributed by atoms with van der Waals surface area (Å²) in [5, 5.41) is 2.56. The van der Waals surface area contributed by atoms with Crippen molar-refractivity contribution in [1.29, 1.82) is 0 Å². The molecule has 0 N–H and O–H groups in total. The molecule has 0 spiro atoms. The summed E-state index contributed by atoms with van der Waals surface area (Å²) in [7, 11) is 1.39. The molecule has 0 bridgehead atoms. The van der Waals surface area contributed by atoms with Gasteiger partial charge in [0.1, 0.15) is 5.75 Å². The molecule has 1 aromatic heterocycles. The fourth-order valence-electron chi connectivity index (χ4n) is 3.78. The van der Waals surface area contributed by atoms with Crippen LogP contribution in [0.25, 0.3) is 21.7 Å². The second-order valence-corrected chi connectivity index (χ2v) is 6.34. The van der Waals surface area contributed by atoms with E-state index >= 15 is 0 Å². The lowest BCUT2D eigenvalue weighted by atomic mass is 10.0. The van der Waals surface area contributed by atoms with Gasteiger partial charge < -0.3 is 14.0 Å². The third-order valence-corrected chi connectivity index (χ3v) is 4.78. The van der Waals surface area contributed by atoms with E-state index < -0.39 is 5.97 Å². The lowest BCUT2D eigenvalue weighted by molar-refractivity contribution is -0.131. The summed E-state index contributed by atoms with van der Waals surface area (Å²) in [6.45, 7) is 2.07. The highest BCUT2D eigenvalue weighted by molar-refractivity contribution is 6.16. The van der Waals surface area contributed by atoms with Crippen molar-refractivity contribution in [2.45, 2.75) is 26.3 Å². The highest BCUT2D eigenvalue weighted by Crippen LogP contribution is 2.39. The smallest absolute Gasteiger partial charge is 0.340 e. The van der Waals surface area contributed by atoms with Crippen LogP contribution in [-0.2, 0) is 22.5 Å².